The molecular weight excluding hydrogens is 238 g/mol. The topological polar surface area (TPSA) is 31.2 Å². The molecule has 0 radical (unpaired) electrons. The number of para-hydroxylation sites is 1. The second-order valence-corrected chi connectivity index (χ2v) is 4.72. The van der Waals surface area contributed by atoms with E-state index in [4.69, 9.17) is 4.74 Å². The number of nitrogens with zero attached hydrogens (tertiary/aromatic N) is 1. The Morgan fingerprint density at radius 2 is 1.89 bits per heavy atom. The summed E-state index contributed by atoms with van der Waals surface area (Å²) in [6.07, 6.45) is 0. The first-order valence-corrected chi connectivity index (χ1v) is 6.19. The molecule has 0 aromatic heterocycles. The molecule has 0 bridgehead atoms. The van der Waals surface area contributed by atoms with Gasteiger partial charge in [-0.3, -0.25) is 4.79 Å². The number of aryl methyl sites for hydroxylation is 2. The summed E-state index contributed by atoms with van der Waals surface area (Å²) in [6.45, 7) is 2.00. The van der Waals surface area contributed by atoms with Crippen LogP contribution in [0.3, 0.4) is 0 Å². The predicted molar refractivity (Wildman–Crippen MR) is 77.1 cm³/mol. The standard InChI is InChI=1S/C16H15NO2/c1-10-12-6-4-5-7-13(12)17(2)14-8-11(19-3)9-15(18)16(10)14/h4-9H,1-3H3. The molecular formula is C16H15NO2. The van der Waals surface area contributed by atoms with Gasteiger partial charge in [-0.1, -0.05) is 18.2 Å². The van der Waals surface area contributed by atoms with Crippen molar-refractivity contribution < 1.29 is 4.74 Å². The van der Waals surface area contributed by atoms with Crippen molar-refractivity contribution in [2.75, 3.05) is 7.11 Å². The second kappa shape index (κ2) is 4.12. The number of pyridine rings is 1. The van der Waals surface area contributed by atoms with Gasteiger partial charge in [0.25, 0.3) is 0 Å². The zero-order valence-electron chi connectivity index (χ0n) is 11.2. The van der Waals surface area contributed by atoms with E-state index in [0.717, 1.165) is 27.7 Å². The number of hydrogen-bond acceptors (Lipinski definition) is 2. The number of hydrogen-bond donors (Lipinski definition) is 0. The molecule has 0 spiro atoms. The number of rotatable bonds is 1. The van der Waals surface area contributed by atoms with Gasteiger partial charge in [0.1, 0.15) is 5.75 Å². The Kier molecular flexibility index (Phi) is 2.56. The van der Waals surface area contributed by atoms with Crippen LogP contribution in [0.5, 0.6) is 5.75 Å². The van der Waals surface area contributed by atoms with E-state index in [1.165, 1.54) is 0 Å². The summed E-state index contributed by atoms with van der Waals surface area (Å²) in [4.78, 5) is 12.3. The molecule has 0 unspecified atom stereocenters. The van der Waals surface area contributed by atoms with E-state index in [1.54, 1.807) is 13.2 Å². The lowest BCUT2D eigenvalue weighted by Gasteiger charge is -2.18. The Bertz CT molecular complexity index is 802. The maximum absolute atomic E-state index is 12.3. The van der Waals surface area contributed by atoms with Crippen LogP contribution in [0.1, 0.15) is 5.56 Å². The molecule has 1 aliphatic heterocycles. The number of aromatic nitrogens is 1. The zero-order valence-corrected chi connectivity index (χ0v) is 11.2. The quantitative estimate of drug-likeness (QED) is 0.624. The molecule has 0 fully saturated rings. The van der Waals surface area contributed by atoms with E-state index in [1.807, 2.05) is 42.8 Å². The molecule has 2 aliphatic rings. The average molecular weight is 253 g/mol. The van der Waals surface area contributed by atoms with E-state index in [2.05, 4.69) is 6.07 Å². The monoisotopic (exact) mass is 253 g/mol. The maximum Gasteiger partial charge on any atom is 0.191 e. The van der Waals surface area contributed by atoms with Gasteiger partial charge in [0.2, 0.25) is 0 Å². The zero-order chi connectivity index (χ0) is 13.6. The fraction of sp³-hybridized carbons (Fsp3) is 0.188. The van der Waals surface area contributed by atoms with E-state index in [-0.39, 0.29) is 5.43 Å². The van der Waals surface area contributed by atoms with Crippen molar-refractivity contribution >= 4 is 10.9 Å². The molecule has 1 aromatic carbocycles. The van der Waals surface area contributed by atoms with Gasteiger partial charge in [-0.2, -0.15) is 0 Å². The van der Waals surface area contributed by atoms with Crippen LogP contribution < -0.4 is 10.2 Å². The third-order valence-electron chi connectivity index (χ3n) is 3.70. The SMILES string of the molecule is COc1cc2n(C)c3ccccc3c(C)c-2c(=O)c1. The van der Waals surface area contributed by atoms with Crippen molar-refractivity contribution in [2.24, 2.45) is 7.05 Å². The Morgan fingerprint density at radius 1 is 1.16 bits per heavy atom. The maximum atomic E-state index is 12.3. The van der Waals surface area contributed by atoms with Crippen molar-refractivity contribution in [3.8, 4) is 17.0 Å². The van der Waals surface area contributed by atoms with Crippen LogP contribution >= 0.6 is 0 Å². The highest BCUT2D eigenvalue weighted by molar-refractivity contribution is 5.91. The van der Waals surface area contributed by atoms with Crippen LogP contribution in [0.4, 0.5) is 0 Å². The molecule has 0 saturated carbocycles. The third-order valence-corrected chi connectivity index (χ3v) is 3.70. The van der Waals surface area contributed by atoms with Crippen LogP contribution in [-0.4, -0.2) is 11.7 Å². The summed E-state index contributed by atoms with van der Waals surface area (Å²) in [7, 11) is 3.55. The van der Waals surface area contributed by atoms with Crippen LogP contribution in [0, 0.1) is 6.92 Å². The molecule has 1 heterocycles. The van der Waals surface area contributed by atoms with E-state index >= 15 is 0 Å². The highest BCUT2D eigenvalue weighted by Gasteiger charge is 2.17. The molecule has 96 valence electrons. The summed E-state index contributed by atoms with van der Waals surface area (Å²) in [6, 6.07) is 11.6. The van der Waals surface area contributed by atoms with Crippen LogP contribution in [0.25, 0.3) is 22.2 Å². The van der Waals surface area contributed by atoms with Gasteiger partial charge in [0, 0.05) is 35.6 Å². The highest BCUT2D eigenvalue weighted by atomic mass is 16.5. The summed E-state index contributed by atoms with van der Waals surface area (Å²) < 4.78 is 7.24. The van der Waals surface area contributed by atoms with Crippen molar-refractivity contribution in [1.82, 2.24) is 4.57 Å². The Hall–Kier alpha value is -2.29. The second-order valence-electron chi connectivity index (χ2n) is 4.72. The smallest absolute Gasteiger partial charge is 0.191 e. The Morgan fingerprint density at radius 3 is 2.63 bits per heavy atom. The fourth-order valence-corrected chi connectivity index (χ4v) is 2.68. The molecule has 0 amide bonds. The Labute approximate surface area is 111 Å². The van der Waals surface area contributed by atoms with Crippen LogP contribution in [-0.2, 0) is 7.05 Å². The lowest BCUT2D eigenvalue weighted by molar-refractivity contribution is 0.414. The fourth-order valence-electron chi connectivity index (χ4n) is 2.68. The van der Waals surface area contributed by atoms with Gasteiger partial charge in [-0.25, -0.2) is 0 Å². The van der Waals surface area contributed by atoms with E-state index < -0.39 is 0 Å². The minimum Gasteiger partial charge on any atom is -0.497 e. The van der Waals surface area contributed by atoms with Crippen molar-refractivity contribution in [3.05, 3.63) is 52.2 Å². The highest BCUT2D eigenvalue weighted by Crippen LogP contribution is 2.31. The van der Waals surface area contributed by atoms with Crippen LogP contribution in [0.15, 0.2) is 41.2 Å². The lowest BCUT2D eigenvalue weighted by Crippen LogP contribution is -2.13. The van der Waals surface area contributed by atoms with Gasteiger partial charge in [0.15, 0.2) is 5.43 Å². The van der Waals surface area contributed by atoms with Gasteiger partial charge in [0.05, 0.1) is 12.8 Å². The van der Waals surface area contributed by atoms with E-state index in [0.29, 0.717) is 5.75 Å². The summed E-state index contributed by atoms with van der Waals surface area (Å²) in [5, 5.41) is 1.11. The first-order valence-electron chi connectivity index (χ1n) is 6.19. The molecule has 19 heavy (non-hydrogen) atoms. The number of ether oxygens (including phenoxy) is 1. The number of methoxy groups -OCH3 is 1. The molecule has 3 nitrogen and oxygen atoms in total. The average Bonchev–Trinajstić information content (AvgIpc) is 2.44. The van der Waals surface area contributed by atoms with Gasteiger partial charge >= 0.3 is 0 Å². The van der Waals surface area contributed by atoms with Gasteiger partial charge in [-0.05, 0) is 18.6 Å². The van der Waals surface area contributed by atoms with Crippen molar-refractivity contribution in [1.29, 1.82) is 0 Å². The summed E-state index contributed by atoms with van der Waals surface area (Å²) >= 11 is 0. The molecule has 3 heteroatoms. The first kappa shape index (κ1) is 11.8. The molecule has 1 aromatic rings. The third kappa shape index (κ3) is 1.62. The van der Waals surface area contributed by atoms with Gasteiger partial charge in [-0.15, -0.1) is 0 Å². The normalized spacial score (nSPS) is 11.1. The molecule has 0 saturated heterocycles. The van der Waals surface area contributed by atoms with Gasteiger partial charge < -0.3 is 9.30 Å². The molecule has 1 aliphatic carbocycles. The Balaban J connectivity index is 2.60. The van der Waals surface area contributed by atoms with E-state index in [9.17, 15) is 4.79 Å². The first-order chi connectivity index (χ1) is 9.13. The van der Waals surface area contributed by atoms with Crippen LogP contribution in [0.2, 0.25) is 0 Å². The predicted octanol–water partition coefficient (Wildman–Crippen LogP) is 2.96. The van der Waals surface area contributed by atoms with Crippen molar-refractivity contribution in [2.45, 2.75) is 6.92 Å². The summed E-state index contributed by atoms with van der Waals surface area (Å²) in [5.74, 6) is 0.600. The lowest BCUT2D eigenvalue weighted by atomic mass is 9.98. The number of fused-ring (bicyclic) bond motifs is 2. The molecule has 3 rings (SSSR count). The van der Waals surface area contributed by atoms with Crippen molar-refractivity contribution in [3.63, 3.8) is 0 Å². The molecule has 0 N–H and O–H groups in total. The minimum atomic E-state index is 0.00760. The minimum absolute atomic E-state index is 0.00760. The molecule has 0 atom stereocenters. The summed E-state index contributed by atoms with van der Waals surface area (Å²) in [5.41, 5.74) is 3.81. The number of benzene rings is 2. The largest absolute Gasteiger partial charge is 0.497 e.